The molecule has 0 fully saturated rings. The summed E-state index contributed by atoms with van der Waals surface area (Å²) in [5.74, 6) is 0. The number of hydrogen-bond acceptors (Lipinski definition) is 4. The van der Waals surface area contributed by atoms with E-state index in [9.17, 15) is 0 Å². The van der Waals surface area contributed by atoms with Crippen LogP contribution in [0.15, 0.2) is 122 Å². The Balaban J connectivity index is 0.000000169. The van der Waals surface area contributed by atoms with Gasteiger partial charge in [0.05, 0.1) is 25.5 Å². The van der Waals surface area contributed by atoms with Gasteiger partial charge in [-0.3, -0.25) is 0 Å². The Morgan fingerprint density at radius 3 is 1.38 bits per heavy atom. The molecular weight excluding hydrogens is 516 g/mol. The molecule has 42 heavy (non-hydrogen) atoms. The molecule has 0 spiro atoms. The Kier molecular flexibility index (Phi) is 10.0. The maximum atomic E-state index is 4.29. The molecule has 0 aliphatic carbocycles. The van der Waals surface area contributed by atoms with Crippen molar-refractivity contribution in [1.29, 1.82) is 0 Å². The van der Waals surface area contributed by atoms with E-state index < -0.39 is 0 Å². The molecule has 0 bridgehead atoms. The molecule has 0 aliphatic rings. The number of unbranched alkanes of at least 4 members (excludes halogenated alkanes) is 1. The lowest BCUT2D eigenvalue weighted by atomic mass is 10.1. The zero-order chi connectivity index (χ0) is 29.0. The van der Waals surface area contributed by atoms with E-state index in [1.807, 2.05) is 58.2 Å². The van der Waals surface area contributed by atoms with Gasteiger partial charge < -0.3 is 0 Å². The van der Waals surface area contributed by atoms with Crippen LogP contribution in [0.1, 0.15) is 48.9 Å². The topological polar surface area (TPSA) is 61.4 Å². The monoisotopic (exact) mass is 554 g/mol. The van der Waals surface area contributed by atoms with Crippen LogP contribution < -0.4 is 0 Å². The van der Waals surface area contributed by atoms with Gasteiger partial charge in [-0.05, 0) is 41.5 Å². The van der Waals surface area contributed by atoms with Crippen molar-refractivity contribution >= 4 is 0 Å². The largest absolute Gasteiger partial charge is 0.247 e. The first-order valence-electron chi connectivity index (χ1n) is 14.8. The highest BCUT2D eigenvalue weighted by Gasteiger charge is 2.06. The zero-order valence-electron chi connectivity index (χ0n) is 24.5. The molecule has 2 aromatic heterocycles. The summed E-state index contributed by atoms with van der Waals surface area (Å²) in [7, 11) is 0. The van der Waals surface area contributed by atoms with Gasteiger partial charge in [-0.25, -0.2) is 9.36 Å². The standard InChI is InChI=1S/C19H21N3.C17H17N3/c1-2-3-7-16-10-12-18(13-11-16)19-15-22(21-20-19)14-17-8-5-4-6-9-17;1-2-14-8-10-16(11-9-14)17-13-20(19-18-17)12-15-6-4-3-5-7-15/h4-6,8-13,15H,2-3,7,14H2,1H3;3-11,13H,2,12H2,1H3. The van der Waals surface area contributed by atoms with Gasteiger partial charge in [-0.15, -0.1) is 10.2 Å². The molecule has 0 amide bonds. The molecule has 0 N–H and O–H groups in total. The van der Waals surface area contributed by atoms with Crippen molar-refractivity contribution in [3.63, 3.8) is 0 Å². The fraction of sp³-hybridized carbons (Fsp3) is 0.222. The van der Waals surface area contributed by atoms with Crippen molar-refractivity contribution in [3.05, 3.63) is 144 Å². The molecule has 212 valence electrons. The first-order valence-corrected chi connectivity index (χ1v) is 14.8. The number of aromatic nitrogens is 6. The lowest BCUT2D eigenvalue weighted by Crippen LogP contribution is -1.99. The number of rotatable bonds is 10. The average molecular weight is 555 g/mol. The second-order valence-electron chi connectivity index (χ2n) is 10.4. The maximum Gasteiger partial charge on any atom is 0.113 e. The molecule has 0 unspecified atom stereocenters. The minimum Gasteiger partial charge on any atom is -0.247 e. The van der Waals surface area contributed by atoms with Crippen LogP contribution in [0, 0.1) is 0 Å². The van der Waals surface area contributed by atoms with E-state index in [0.717, 1.165) is 48.4 Å². The highest BCUT2D eigenvalue weighted by molar-refractivity contribution is 5.58. The molecule has 4 aromatic carbocycles. The van der Waals surface area contributed by atoms with Gasteiger partial charge in [0.25, 0.3) is 0 Å². The van der Waals surface area contributed by atoms with Crippen LogP contribution in [0.3, 0.4) is 0 Å². The SMILES string of the molecule is CCCCc1ccc(-c2cn(Cc3ccccc3)nn2)cc1.CCc1ccc(-c2cn(Cc3ccccc3)nn2)cc1. The van der Waals surface area contributed by atoms with E-state index in [2.05, 4.69) is 107 Å². The Hall–Kier alpha value is -4.84. The predicted octanol–water partition coefficient (Wildman–Crippen LogP) is 7.89. The van der Waals surface area contributed by atoms with Crippen LogP contribution in [0.2, 0.25) is 0 Å². The van der Waals surface area contributed by atoms with Crippen LogP contribution >= 0.6 is 0 Å². The lowest BCUT2D eigenvalue weighted by Gasteiger charge is -2.01. The predicted molar refractivity (Wildman–Crippen MR) is 170 cm³/mol. The summed E-state index contributed by atoms with van der Waals surface area (Å²) < 4.78 is 3.76. The first kappa shape index (κ1) is 28.7. The van der Waals surface area contributed by atoms with Crippen LogP contribution in [0.4, 0.5) is 0 Å². The van der Waals surface area contributed by atoms with E-state index in [4.69, 9.17) is 0 Å². The normalized spacial score (nSPS) is 10.7. The molecular formula is C36H38N6. The third-order valence-corrected chi connectivity index (χ3v) is 7.18. The molecule has 6 aromatic rings. The molecule has 6 nitrogen and oxygen atoms in total. The summed E-state index contributed by atoms with van der Waals surface area (Å²) in [5.41, 5.74) is 9.27. The fourth-order valence-electron chi connectivity index (χ4n) is 4.69. The van der Waals surface area contributed by atoms with Crippen molar-refractivity contribution in [3.8, 4) is 22.5 Å². The number of aryl methyl sites for hydroxylation is 2. The third-order valence-electron chi connectivity index (χ3n) is 7.18. The minimum atomic E-state index is 0.751. The van der Waals surface area contributed by atoms with E-state index in [1.165, 1.54) is 35.1 Å². The average Bonchev–Trinajstić information content (AvgIpc) is 3.72. The van der Waals surface area contributed by atoms with Gasteiger partial charge in [-0.2, -0.15) is 0 Å². The van der Waals surface area contributed by atoms with Gasteiger partial charge in [-0.1, -0.05) is 140 Å². The molecule has 0 aliphatic heterocycles. The molecule has 0 atom stereocenters. The van der Waals surface area contributed by atoms with Crippen molar-refractivity contribution in [1.82, 2.24) is 30.0 Å². The molecule has 0 saturated heterocycles. The molecule has 6 rings (SSSR count). The maximum absolute atomic E-state index is 4.29. The summed E-state index contributed by atoms with van der Waals surface area (Å²) in [4.78, 5) is 0. The van der Waals surface area contributed by atoms with Crippen molar-refractivity contribution in [2.75, 3.05) is 0 Å². The fourth-order valence-corrected chi connectivity index (χ4v) is 4.69. The number of benzene rings is 4. The zero-order valence-corrected chi connectivity index (χ0v) is 24.5. The molecule has 0 radical (unpaired) electrons. The first-order chi connectivity index (χ1) is 20.7. The van der Waals surface area contributed by atoms with E-state index in [0.29, 0.717) is 0 Å². The van der Waals surface area contributed by atoms with Crippen molar-refractivity contribution in [2.24, 2.45) is 0 Å². The minimum absolute atomic E-state index is 0.751. The summed E-state index contributed by atoms with van der Waals surface area (Å²) in [5, 5.41) is 17.0. The van der Waals surface area contributed by atoms with E-state index in [-0.39, 0.29) is 0 Å². The molecule has 2 heterocycles. The van der Waals surface area contributed by atoms with Gasteiger partial charge in [0.2, 0.25) is 0 Å². The van der Waals surface area contributed by atoms with Gasteiger partial charge in [0.15, 0.2) is 0 Å². The van der Waals surface area contributed by atoms with Crippen LogP contribution in [0.25, 0.3) is 22.5 Å². The second-order valence-corrected chi connectivity index (χ2v) is 10.4. The Morgan fingerprint density at radius 2 is 0.952 bits per heavy atom. The van der Waals surface area contributed by atoms with Crippen molar-refractivity contribution < 1.29 is 0 Å². The summed E-state index contributed by atoms with van der Waals surface area (Å²) in [6, 6.07) is 37.8. The van der Waals surface area contributed by atoms with Crippen LogP contribution in [-0.2, 0) is 25.9 Å². The molecule has 0 saturated carbocycles. The highest BCUT2D eigenvalue weighted by Crippen LogP contribution is 2.19. The summed E-state index contributed by atoms with van der Waals surface area (Å²) >= 11 is 0. The Labute approximate surface area is 248 Å². The summed E-state index contributed by atoms with van der Waals surface area (Å²) in [6.45, 7) is 5.88. The van der Waals surface area contributed by atoms with Crippen LogP contribution in [0.5, 0.6) is 0 Å². The van der Waals surface area contributed by atoms with Crippen molar-refractivity contribution in [2.45, 2.75) is 52.6 Å². The van der Waals surface area contributed by atoms with Gasteiger partial charge >= 0.3 is 0 Å². The lowest BCUT2D eigenvalue weighted by molar-refractivity contribution is 0.650. The third kappa shape index (κ3) is 8.10. The Morgan fingerprint density at radius 1 is 0.500 bits per heavy atom. The van der Waals surface area contributed by atoms with E-state index in [1.54, 1.807) is 0 Å². The Bertz CT molecular complexity index is 1620. The van der Waals surface area contributed by atoms with E-state index >= 15 is 0 Å². The van der Waals surface area contributed by atoms with Gasteiger partial charge in [0, 0.05) is 11.1 Å². The van der Waals surface area contributed by atoms with Gasteiger partial charge in [0.1, 0.15) is 11.4 Å². The number of nitrogens with zero attached hydrogens (tertiary/aromatic N) is 6. The van der Waals surface area contributed by atoms with Crippen LogP contribution in [-0.4, -0.2) is 30.0 Å². The number of hydrogen-bond donors (Lipinski definition) is 0. The second kappa shape index (κ2) is 14.7. The summed E-state index contributed by atoms with van der Waals surface area (Å²) in [6.07, 6.45) is 8.68. The molecule has 6 heteroatoms. The quantitative estimate of drug-likeness (QED) is 0.173. The highest BCUT2D eigenvalue weighted by atomic mass is 15.4. The smallest absolute Gasteiger partial charge is 0.113 e.